The van der Waals surface area contributed by atoms with E-state index in [2.05, 4.69) is 4.72 Å². The second-order valence-electron chi connectivity index (χ2n) is 3.02. The zero-order valence-electron chi connectivity index (χ0n) is 7.84. The third-order valence-corrected chi connectivity index (χ3v) is 3.29. The maximum Gasteiger partial charge on any atom is 0.240 e. The first-order valence-corrected chi connectivity index (χ1v) is 5.73. The van der Waals surface area contributed by atoms with Gasteiger partial charge in [0, 0.05) is 6.04 Å². The molecule has 14 heavy (non-hydrogen) atoms. The van der Waals surface area contributed by atoms with E-state index in [0.717, 1.165) is 0 Å². The van der Waals surface area contributed by atoms with Gasteiger partial charge in [0.1, 0.15) is 0 Å². The molecule has 0 spiro atoms. The Bertz CT molecular complexity index is 374. The molecule has 1 atom stereocenters. The minimum Gasteiger partial charge on any atom is -0.395 e. The summed E-state index contributed by atoms with van der Waals surface area (Å²) in [6.07, 6.45) is 0. The lowest BCUT2D eigenvalue weighted by Gasteiger charge is -2.10. The third kappa shape index (κ3) is 2.80. The second kappa shape index (κ2) is 4.54. The van der Waals surface area contributed by atoms with Crippen LogP contribution in [-0.2, 0) is 10.0 Å². The molecule has 0 aromatic heterocycles. The van der Waals surface area contributed by atoms with Crippen molar-refractivity contribution in [2.75, 3.05) is 6.61 Å². The second-order valence-corrected chi connectivity index (χ2v) is 4.73. The van der Waals surface area contributed by atoms with Gasteiger partial charge in [-0.05, 0) is 19.1 Å². The Balaban J connectivity index is 2.87. The molecule has 0 aliphatic heterocycles. The summed E-state index contributed by atoms with van der Waals surface area (Å²) in [7, 11) is -3.48. The molecule has 1 aromatic rings. The molecule has 0 unspecified atom stereocenters. The fourth-order valence-corrected chi connectivity index (χ4v) is 2.23. The summed E-state index contributed by atoms with van der Waals surface area (Å²) in [5, 5.41) is 8.72. The third-order valence-electron chi connectivity index (χ3n) is 1.68. The summed E-state index contributed by atoms with van der Waals surface area (Å²) < 4.78 is 25.5. The van der Waals surface area contributed by atoms with Crippen molar-refractivity contribution in [2.24, 2.45) is 0 Å². The van der Waals surface area contributed by atoms with E-state index < -0.39 is 16.1 Å². The van der Waals surface area contributed by atoms with Crippen LogP contribution in [0.2, 0.25) is 0 Å². The van der Waals surface area contributed by atoms with Gasteiger partial charge in [-0.1, -0.05) is 18.2 Å². The van der Waals surface area contributed by atoms with Gasteiger partial charge in [0.25, 0.3) is 0 Å². The van der Waals surface area contributed by atoms with Crippen LogP contribution >= 0.6 is 0 Å². The predicted octanol–water partition coefficient (Wildman–Crippen LogP) is 0.346. The minimum atomic E-state index is -3.48. The molecule has 0 saturated heterocycles. The van der Waals surface area contributed by atoms with E-state index in [-0.39, 0.29) is 11.5 Å². The molecule has 1 rings (SSSR count). The van der Waals surface area contributed by atoms with Crippen molar-refractivity contribution in [1.29, 1.82) is 0 Å². The largest absolute Gasteiger partial charge is 0.395 e. The Morgan fingerprint density at radius 1 is 1.36 bits per heavy atom. The maximum absolute atomic E-state index is 11.6. The lowest BCUT2D eigenvalue weighted by molar-refractivity contribution is 0.265. The minimum absolute atomic E-state index is 0.209. The van der Waals surface area contributed by atoms with Crippen LogP contribution in [0.15, 0.2) is 35.2 Å². The smallest absolute Gasteiger partial charge is 0.240 e. The van der Waals surface area contributed by atoms with Gasteiger partial charge >= 0.3 is 0 Å². The first kappa shape index (κ1) is 11.2. The normalized spacial score (nSPS) is 13.9. The predicted molar refractivity (Wildman–Crippen MR) is 53.3 cm³/mol. The molecule has 0 bridgehead atoms. The number of hydrogen-bond acceptors (Lipinski definition) is 3. The van der Waals surface area contributed by atoms with Crippen molar-refractivity contribution in [3.8, 4) is 0 Å². The molecule has 0 amide bonds. The maximum atomic E-state index is 11.6. The van der Waals surface area contributed by atoms with E-state index in [1.807, 2.05) is 0 Å². The van der Waals surface area contributed by atoms with Gasteiger partial charge in [0.2, 0.25) is 10.0 Å². The Kier molecular flexibility index (Phi) is 3.62. The molecule has 0 aliphatic carbocycles. The monoisotopic (exact) mass is 215 g/mol. The Morgan fingerprint density at radius 2 is 1.93 bits per heavy atom. The van der Waals surface area contributed by atoms with E-state index in [1.165, 1.54) is 12.1 Å². The highest BCUT2D eigenvalue weighted by atomic mass is 32.2. The number of sulfonamides is 1. The molecule has 0 saturated carbocycles. The standard InChI is InChI=1S/C9H13NO3S/c1-8(7-11)10-14(12,13)9-5-3-2-4-6-9/h2-6,8,10-11H,7H2,1H3/t8-/m0/s1. The van der Waals surface area contributed by atoms with E-state index in [4.69, 9.17) is 5.11 Å². The first-order chi connectivity index (χ1) is 6.56. The van der Waals surface area contributed by atoms with Crippen LogP contribution in [0.25, 0.3) is 0 Å². The van der Waals surface area contributed by atoms with Crippen molar-refractivity contribution in [3.63, 3.8) is 0 Å². The van der Waals surface area contributed by atoms with E-state index >= 15 is 0 Å². The number of benzene rings is 1. The lowest BCUT2D eigenvalue weighted by Crippen LogP contribution is -2.34. The van der Waals surface area contributed by atoms with Crippen molar-refractivity contribution in [2.45, 2.75) is 17.9 Å². The molecule has 0 radical (unpaired) electrons. The lowest BCUT2D eigenvalue weighted by atomic mass is 10.4. The molecule has 4 nitrogen and oxygen atoms in total. The van der Waals surface area contributed by atoms with E-state index in [1.54, 1.807) is 25.1 Å². The summed E-state index contributed by atoms with van der Waals surface area (Å²) in [4.78, 5) is 0.209. The average Bonchev–Trinajstić information content (AvgIpc) is 2.18. The highest BCUT2D eigenvalue weighted by Crippen LogP contribution is 2.07. The van der Waals surface area contributed by atoms with Crippen LogP contribution in [-0.4, -0.2) is 26.2 Å². The Labute approximate surface area is 83.6 Å². The van der Waals surface area contributed by atoms with Crippen LogP contribution in [0.4, 0.5) is 0 Å². The molecule has 2 N–H and O–H groups in total. The van der Waals surface area contributed by atoms with Crippen LogP contribution in [0.1, 0.15) is 6.92 Å². The quantitative estimate of drug-likeness (QED) is 0.761. The Morgan fingerprint density at radius 3 is 2.43 bits per heavy atom. The van der Waals surface area contributed by atoms with E-state index in [9.17, 15) is 8.42 Å². The fourth-order valence-electron chi connectivity index (χ4n) is 0.970. The van der Waals surface area contributed by atoms with Gasteiger partial charge in [0.15, 0.2) is 0 Å². The molecule has 78 valence electrons. The van der Waals surface area contributed by atoms with Gasteiger partial charge in [0.05, 0.1) is 11.5 Å². The highest BCUT2D eigenvalue weighted by molar-refractivity contribution is 7.89. The SMILES string of the molecule is C[C@@H](CO)NS(=O)(=O)c1ccccc1. The number of aliphatic hydroxyl groups excluding tert-OH is 1. The number of aliphatic hydroxyl groups is 1. The summed E-state index contributed by atoms with van der Waals surface area (Å²) in [6, 6.07) is 7.59. The molecule has 0 aliphatic rings. The zero-order chi connectivity index (χ0) is 10.6. The van der Waals surface area contributed by atoms with Crippen molar-refractivity contribution >= 4 is 10.0 Å². The van der Waals surface area contributed by atoms with E-state index in [0.29, 0.717) is 0 Å². The zero-order valence-corrected chi connectivity index (χ0v) is 8.66. The average molecular weight is 215 g/mol. The van der Waals surface area contributed by atoms with Gasteiger partial charge in [-0.25, -0.2) is 13.1 Å². The fraction of sp³-hybridized carbons (Fsp3) is 0.333. The van der Waals surface area contributed by atoms with Crippen LogP contribution < -0.4 is 4.72 Å². The summed E-state index contributed by atoms with van der Waals surface area (Å²) in [6.45, 7) is 1.38. The van der Waals surface area contributed by atoms with Crippen LogP contribution in [0.3, 0.4) is 0 Å². The molecule has 0 fully saturated rings. The van der Waals surface area contributed by atoms with Crippen molar-refractivity contribution in [3.05, 3.63) is 30.3 Å². The number of hydrogen-bond donors (Lipinski definition) is 2. The topological polar surface area (TPSA) is 66.4 Å². The van der Waals surface area contributed by atoms with Gasteiger partial charge in [-0.15, -0.1) is 0 Å². The van der Waals surface area contributed by atoms with Gasteiger partial charge < -0.3 is 5.11 Å². The number of rotatable bonds is 4. The molecular weight excluding hydrogens is 202 g/mol. The van der Waals surface area contributed by atoms with Crippen LogP contribution in [0.5, 0.6) is 0 Å². The van der Waals surface area contributed by atoms with Gasteiger partial charge in [-0.2, -0.15) is 0 Å². The molecule has 5 heteroatoms. The molecule has 0 heterocycles. The summed E-state index contributed by atoms with van der Waals surface area (Å²) in [5.41, 5.74) is 0. The van der Waals surface area contributed by atoms with Crippen molar-refractivity contribution < 1.29 is 13.5 Å². The Hall–Kier alpha value is -0.910. The summed E-state index contributed by atoms with van der Waals surface area (Å²) >= 11 is 0. The van der Waals surface area contributed by atoms with Crippen LogP contribution in [0, 0.1) is 0 Å². The molecule has 1 aromatic carbocycles. The summed E-state index contributed by atoms with van der Waals surface area (Å²) in [5.74, 6) is 0. The number of nitrogens with one attached hydrogen (secondary N) is 1. The molecular formula is C9H13NO3S. The highest BCUT2D eigenvalue weighted by Gasteiger charge is 2.15. The first-order valence-electron chi connectivity index (χ1n) is 4.24. The van der Waals surface area contributed by atoms with Crippen molar-refractivity contribution in [1.82, 2.24) is 4.72 Å². The van der Waals surface area contributed by atoms with Gasteiger partial charge in [-0.3, -0.25) is 0 Å².